The van der Waals surface area contributed by atoms with Crippen molar-refractivity contribution in [3.8, 4) is 11.5 Å². The van der Waals surface area contributed by atoms with Gasteiger partial charge in [0.25, 0.3) is 11.8 Å². The number of fused-ring (bicyclic) bond motifs is 1. The van der Waals surface area contributed by atoms with Crippen molar-refractivity contribution in [3.63, 3.8) is 0 Å². The van der Waals surface area contributed by atoms with Crippen molar-refractivity contribution in [2.75, 3.05) is 23.5 Å². The molecule has 5 rings (SSSR count). The maximum absolute atomic E-state index is 12.8. The third kappa shape index (κ3) is 3.69. The Morgan fingerprint density at radius 1 is 0.824 bits per heavy atom. The van der Waals surface area contributed by atoms with Gasteiger partial charge in [0.2, 0.25) is 5.91 Å². The molecule has 0 aliphatic carbocycles. The molecule has 2 aliphatic heterocycles. The van der Waals surface area contributed by atoms with Crippen LogP contribution in [0.25, 0.3) is 0 Å². The second-order valence-electron chi connectivity index (χ2n) is 8.01. The van der Waals surface area contributed by atoms with Crippen LogP contribution in [0.15, 0.2) is 72.8 Å². The highest BCUT2D eigenvalue weighted by Gasteiger charge is 2.38. The van der Waals surface area contributed by atoms with E-state index in [0.717, 1.165) is 4.90 Å². The second kappa shape index (κ2) is 8.47. The number of imide groups is 1. The second-order valence-corrected chi connectivity index (χ2v) is 8.01. The topological polar surface area (TPSA) is 93.2 Å². The van der Waals surface area contributed by atoms with Gasteiger partial charge in [-0.15, -0.1) is 0 Å². The van der Waals surface area contributed by atoms with Gasteiger partial charge in [-0.3, -0.25) is 19.2 Å². The fraction of sp³-hybridized carbons (Fsp3) is 0.154. The van der Waals surface area contributed by atoms with Crippen LogP contribution in [0, 0.1) is 5.92 Å². The number of ether oxygens (including phenoxy) is 2. The number of hydrogen-bond donors (Lipinski definition) is 0. The number of nitrogens with zero attached hydrogens (tertiary/aromatic N) is 2. The van der Waals surface area contributed by atoms with Crippen LogP contribution in [0.1, 0.15) is 27.1 Å². The Morgan fingerprint density at radius 3 is 2.15 bits per heavy atom. The van der Waals surface area contributed by atoms with E-state index in [0.29, 0.717) is 28.3 Å². The number of esters is 1. The molecule has 170 valence electrons. The molecule has 34 heavy (non-hydrogen) atoms. The Hall–Kier alpha value is -4.46. The van der Waals surface area contributed by atoms with Crippen LogP contribution >= 0.6 is 0 Å². The van der Waals surface area contributed by atoms with Crippen molar-refractivity contribution in [3.05, 3.63) is 83.9 Å². The van der Waals surface area contributed by atoms with Gasteiger partial charge in [-0.25, -0.2) is 4.90 Å². The number of methoxy groups -OCH3 is 1. The van der Waals surface area contributed by atoms with Crippen LogP contribution in [0.3, 0.4) is 0 Å². The summed E-state index contributed by atoms with van der Waals surface area (Å²) in [6.07, 6.45) is 0.0307. The first-order chi connectivity index (χ1) is 16.5. The Labute approximate surface area is 195 Å². The first-order valence-corrected chi connectivity index (χ1v) is 10.7. The van der Waals surface area contributed by atoms with Crippen molar-refractivity contribution in [2.45, 2.75) is 6.42 Å². The molecule has 3 aromatic rings. The largest absolute Gasteiger partial charge is 0.497 e. The highest BCUT2D eigenvalue weighted by Crippen LogP contribution is 2.32. The summed E-state index contributed by atoms with van der Waals surface area (Å²) in [5.41, 5.74) is 1.64. The Bertz CT molecular complexity index is 1280. The minimum atomic E-state index is -0.641. The molecule has 0 saturated carbocycles. The molecular weight excluding hydrogens is 436 g/mol. The number of benzene rings is 3. The quantitative estimate of drug-likeness (QED) is 0.332. The van der Waals surface area contributed by atoms with Crippen LogP contribution in [-0.2, 0) is 9.59 Å². The van der Waals surface area contributed by atoms with Crippen LogP contribution in [0.4, 0.5) is 11.4 Å². The maximum Gasteiger partial charge on any atom is 0.316 e. The number of anilines is 2. The van der Waals surface area contributed by atoms with Gasteiger partial charge in [-0.05, 0) is 48.5 Å². The average molecular weight is 456 g/mol. The van der Waals surface area contributed by atoms with Crippen molar-refractivity contribution in [2.24, 2.45) is 5.92 Å². The molecule has 0 spiro atoms. The molecule has 0 N–H and O–H groups in total. The zero-order chi connectivity index (χ0) is 23.8. The zero-order valence-corrected chi connectivity index (χ0v) is 18.3. The molecule has 3 aromatic carbocycles. The summed E-state index contributed by atoms with van der Waals surface area (Å²) in [6, 6.07) is 19.9. The normalized spacial score (nSPS) is 17.2. The standard InChI is InChI=1S/C26H20N2O6/c1-33-19-11-9-17(10-12-19)27-15-16(13-23(27)29)26(32)34-20-6-4-5-18(14-20)28-24(30)21-7-2-3-8-22(21)25(28)31/h2-12,14,16H,13,15H2,1H3/t16-/m0/s1. The summed E-state index contributed by atoms with van der Waals surface area (Å²) in [5, 5.41) is 0. The van der Waals surface area contributed by atoms with Crippen molar-refractivity contribution in [1.82, 2.24) is 0 Å². The molecule has 2 aliphatic rings. The fourth-order valence-corrected chi connectivity index (χ4v) is 4.19. The van der Waals surface area contributed by atoms with Gasteiger partial charge in [0.1, 0.15) is 11.5 Å². The van der Waals surface area contributed by atoms with Gasteiger partial charge in [0.15, 0.2) is 0 Å². The molecule has 0 unspecified atom stereocenters. The summed E-state index contributed by atoms with van der Waals surface area (Å²) in [6.45, 7) is 0.197. The lowest BCUT2D eigenvalue weighted by Gasteiger charge is -2.17. The molecule has 1 saturated heterocycles. The van der Waals surface area contributed by atoms with E-state index < -0.39 is 23.7 Å². The van der Waals surface area contributed by atoms with Crippen LogP contribution in [-0.4, -0.2) is 37.3 Å². The lowest BCUT2D eigenvalue weighted by Crippen LogP contribution is -2.29. The van der Waals surface area contributed by atoms with E-state index in [-0.39, 0.29) is 24.6 Å². The van der Waals surface area contributed by atoms with Gasteiger partial charge in [0.05, 0.1) is 29.8 Å². The van der Waals surface area contributed by atoms with Crippen molar-refractivity contribution >= 4 is 35.1 Å². The van der Waals surface area contributed by atoms with Crippen LogP contribution < -0.4 is 19.3 Å². The van der Waals surface area contributed by atoms with Crippen molar-refractivity contribution in [1.29, 1.82) is 0 Å². The summed E-state index contributed by atoms with van der Waals surface area (Å²) < 4.78 is 10.7. The van der Waals surface area contributed by atoms with Gasteiger partial charge in [0, 0.05) is 24.7 Å². The lowest BCUT2D eigenvalue weighted by molar-refractivity contribution is -0.139. The molecule has 2 heterocycles. The summed E-state index contributed by atoms with van der Waals surface area (Å²) in [4.78, 5) is 53.4. The number of carbonyl (C=O) groups is 4. The van der Waals surface area contributed by atoms with Gasteiger partial charge in [-0.2, -0.15) is 0 Å². The minimum Gasteiger partial charge on any atom is -0.497 e. The fourth-order valence-electron chi connectivity index (χ4n) is 4.19. The molecule has 0 bridgehead atoms. The highest BCUT2D eigenvalue weighted by atomic mass is 16.5. The Balaban J connectivity index is 1.30. The minimum absolute atomic E-state index is 0.0307. The smallest absolute Gasteiger partial charge is 0.316 e. The number of rotatable bonds is 5. The molecule has 0 aromatic heterocycles. The van der Waals surface area contributed by atoms with E-state index in [4.69, 9.17) is 9.47 Å². The molecule has 8 nitrogen and oxygen atoms in total. The van der Waals surface area contributed by atoms with E-state index in [1.807, 2.05) is 0 Å². The van der Waals surface area contributed by atoms with E-state index in [1.165, 1.54) is 6.07 Å². The summed E-state index contributed by atoms with van der Waals surface area (Å²) >= 11 is 0. The summed E-state index contributed by atoms with van der Waals surface area (Å²) in [7, 11) is 1.56. The molecule has 1 fully saturated rings. The SMILES string of the molecule is COc1ccc(N2C[C@@H](C(=O)Oc3cccc(N4C(=O)c5ccccc5C4=O)c3)CC2=O)cc1. The van der Waals surface area contributed by atoms with Gasteiger partial charge in [-0.1, -0.05) is 18.2 Å². The van der Waals surface area contributed by atoms with E-state index >= 15 is 0 Å². The van der Waals surface area contributed by atoms with Crippen LogP contribution in [0.2, 0.25) is 0 Å². The van der Waals surface area contributed by atoms with Crippen LogP contribution in [0.5, 0.6) is 11.5 Å². The number of carbonyl (C=O) groups excluding carboxylic acids is 4. The first kappa shape index (κ1) is 21.4. The van der Waals surface area contributed by atoms with E-state index in [1.54, 1.807) is 78.7 Å². The Kier molecular flexibility index (Phi) is 5.33. The predicted molar refractivity (Wildman–Crippen MR) is 123 cm³/mol. The van der Waals surface area contributed by atoms with Crippen molar-refractivity contribution < 1.29 is 28.7 Å². The van der Waals surface area contributed by atoms with E-state index in [9.17, 15) is 19.2 Å². The molecule has 8 heteroatoms. The zero-order valence-electron chi connectivity index (χ0n) is 18.3. The van der Waals surface area contributed by atoms with E-state index in [2.05, 4.69) is 0 Å². The average Bonchev–Trinajstić information content (AvgIpc) is 3.37. The molecular formula is C26H20N2O6. The number of hydrogen-bond acceptors (Lipinski definition) is 6. The number of amides is 3. The Morgan fingerprint density at radius 2 is 1.50 bits per heavy atom. The predicted octanol–water partition coefficient (Wildman–Crippen LogP) is 3.45. The first-order valence-electron chi connectivity index (χ1n) is 10.7. The molecule has 3 amide bonds. The van der Waals surface area contributed by atoms with Gasteiger partial charge < -0.3 is 14.4 Å². The van der Waals surface area contributed by atoms with Gasteiger partial charge >= 0.3 is 5.97 Å². The maximum atomic E-state index is 12.8. The third-order valence-electron chi connectivity index (χ3n) is 5.93. The summed E-state index contributed by atoms with van der Waals surface area (Å²) in [5.74, 6) is -1.37. The monoisotopic (exact) mass is 456 g/mol. The molecule has 1 atom stereocenters. The highest BCUT2D eigenvalue weighted by molar-refractivity contribution is 6.34. The third-order valence-corrected chi connectivity index (χ3v) is 5.93. The molecule has 0 radical (unpaired) electrons. The lowest BCUT2D eigenvalue weighted by atomic mass is 10.1.